The number of rotatable bonds is 6. The highest BCUT2D eigenvalue weighted by atomic mass is 19.4. The van der Waals surface area contributed by atoms with Crippen LogP contribution in [0.1, 0.15) is 40.8 Å². The largest absolute Gasteiger partial charge is 0.494 e. The van der Waals surface area contributed by atoms with E-state index in [1.807, 2.05) is 0 Å². The summed E-state index contributed by atoms with van der Waals surface area (Å²) in [5.74, 6) is 1.67. The minimum atomic E-state index is -4.65. The van der Waals surface area contributed by atoms with Gasteiger partial charge in [-0.3, -0.25) is 9.79 Å². The van der Waals surface area contributed by atoms with Gasteiger partial charge >= 0.3 is 6.18 Å². The summed E-state index contributed by atoms with van der Waals surface area (Å²) < 4.78 is 50.7. The van der Waals surface area contributed by atoms with E-state index in [9.17, 15) is 18.0 Å². The lowest BCUT2D eigenvalue weighted by molar-refractivity contribution is -0.140. The van der Waals surface area contributed by atoms with Crippen LogP contribution in [0.3, 0.4) is 0 Å². The van der Waals surface area contributed by atoms with Gasteiger partial charge in [-0.05, 0) is 37.1 Å². The number of carbonyl (C=O) groups is 1. The number of hydrogen-bond acceptors (Lipinski definition) is 7. The van der Waals surface area contributed by atoms with Gasteiger partial charge < -0.3 is 31.7 Å². The molecule has 10 nitrogen and oxygen atoms in total. The number of pyridine rings is 1. The smallest absolute Gasteiger partial charge is 0.433 e. The summed E-state index contributed by atoms with van der Waals surface area (Å²) in [6, 6.07) is 3.62. The van der Waals surface area contributed by atoms with Crippen molar-refractivity contribution in [3.8, 4) is 29.5 Å². The zero-order chi connectivity index (χ0) is 26.2. The topological polar surface area (TPSA) is 168 Å². The monoisotopic (exact) mass is 501 g/mol. The van der Waals surface area contributed by atoms with Gasteiger partial charge in [-0.1, -0.05) is 5.92 Å². The number of nitrogens with zero attached hydrogens (tertiary/aromatic N) is 3. The molecule has 13 heteroatoms. The number of aromatic nitrogens is 2. The number of ether oxygens (including phenoxy) is 1. The van der Waals surface area contributed by atoms with Crippen LogP contribution in [-0.4, -0.2) is 41.0 Å². The Balaban J connectivity index is 1.72. The van der Waals surface area contributed by atoms with E-state index in [2.05, 4.69) is 26.2 Å². The molecule has 1 atom stereocenters. The number of terminal acetylenes is 1. The highest BCUT2D eigenvalue weighted by Crippen LogP contribution is 2.37. The van der Waals surface area contributed by atoms with Crippen molar-refractivity contribution >= 4 is 22.8 Å². The number of fused-ring (bicyclic) bond motifs is 1. The van der Waals surface area contributed by atoms with Crippen molar-refractivity contribution in [1.29, 1.82) is 0 Å². The zero-order valence-electron chi connectivity index (χ0n) is 19.0. The molecular weight excluding hydrogens is 479 g/mol. The fourth-order valence-corrected chi connectivity index (χ4v) is 3.87. The first-order valence-corrected chi connectivity index (χ1v) is 10.7. The predicted octanol–water partition coefficient (Wildman–Crippen LogP) is 2.08. The van der Waals surface area contributed by atoms with Crippen molar-refractivity contribution in [3.63, 3.8) is 0 Å². The number of alkyl halides is 3. The van der Waals surface area contributed by atoms with Crippen molar-refractivity contribution in [2.75, 3.05) is 7.11 Å². The zero-order valence-corrected chi connectivity index (χ0v) is 19.0. The molecule has 7 N–H and O–H groups in total. The molecule has 0 saturated heterocycles. The second kappa shape index (κ2) is 9.38. The van der Waals surface area contributed by atoms with Gasteiger partial charge in [0.15, 0.2) is 17.4 Å². The maximum Gasteiger partial charge on any atom is 0.433 e. The third kappa shape index (κ3) is 4.76. The van der Waals surface area contributed by atoms with Gasteiger partial charge in [-0.2, -0.15) is 13.2 Å². The van der Waals surface area contributed by atoms with Crippen molar-refractivity contribution in [3.05, 3.63) is 41.4 Å². The maximum absolute atomic E-state index is 13.2. The summed E-state index contributed by atoms with van der Waals surface area (Å²) in [6.07, 6.45) is 1.85. The van der Waals surface area contributed by atoms with Gasteiger partial charge in [-0.15, -0.1) is 6.42 Å². The third-order valence-corrected chi connectivity index (χ3v) is 5.67. The molecule has 1 aromatic carbocycles. The summed E-state index contributed by atoms with van der Waals surface area (Å²) in [5.41, 5.74) is 15.7. The second-order valence-corrected chi connectivity index (χ2v) is 8.13. The molecule has 36 heavy (non-hydrogen) atoms. The molecule has 4 rings (SSSR count). The SMILES string of the molecule is C#CC(N)c1oc(-c2ccc(OC)c3nc(C(F)(F)F)ccc23)nc1C(=O)NC1CC(N=C(N)N)C1. The van der Waals surface area contributed by atoms with Crippen molar-refractivity contribution in [1.82, 2.24) is 15.3 Å². The van der Waals surface area contributed by atoms with Crippen LogP contribution in [0, 0.1) is 12.3 Å². The van der Waals surface area contributed by atoms with E-state index in [-0.39, 0.29) is 57.6 Å². The molecule has 1 saturated carbocycles. The number of hydrogen-bond donors (Lipinski definition) is 4. The predicted molar refractivity (Wildman–Crippen MR) is 125 cm³/mol. The molecule has 0 aliphatic heterocycles. The minimum absolute atomic E-state index is 0.0308. The number of carbonyl (C=O) groups excluding carboxylic acids is 1. The van der Waals surface area contributed by atoms with Crippen LogP contribution < -0.4 is 27.3 Å². The lowest BCUT2D eigenvalue weighted by Crippen LogP contribution is -2.47. The molecule has 0 bridgehead atoms. The molecule has 1 unspecified atom stereocenters. The van der Waals surface area contributed by atoms with Crippen LogP contribution in [-0.2, 0) is 6.18 Å². The lowest BCUT2D eigenvalue weighted by atomic mass is 9.87. The molecule has 0 spiro atoms. The molecule has 2 heterocycles. The first kappa shape index (κ1) is 24.8. The summed E-state index contributed by atoms with van der Waals surface area (Å²) in [5, 5.41) is 3.07. The van der Waals surface area contributed by atoms with E-state index < -0.39 is 23.8 Å². The van der Waals surface area contributed by atoms with Crippen molar-refractivity contribution < 1.29 is 27.1 Å². The Bertz CT molecular complexity index is 1380. The average molecular weight is 501 g/mol. The number of benzene rings is 1. The van der Waals surface area contributed by atoms with Crippen LogP contribution in [0.25, 0.3) is 22.4 Å². The number of aliphatic imine (C=N–C) groups is 1. The Labute approximate surface area is 203 Å². The Hall–Kier alpha value is -4.31. The highest BCUT2D eigenvalue weighted by molar-refractivity contribution is 5.98. The fraction of sp³-hybridized carbons (Fsp3) is 0.304. The Kier molecular flexibility index (Phi) is 6.47. The van der Waals surface area contributed by atoms with Gasteiger partial charge in [0, 0.05) is 17.0 Å². The number of guanidine groups is 1. The molecule has 188 valence electrons. The van der Waals surface area contributed by atoms with Crippen LogP contribution >= 0.6 is 0 Å². The third-order valence-electron chi connectivity index (χ3n) is 5.67. The standard InChI is InChI=1S/C23H22F3N7O3/c1-3-14(27)19-18(20(34)30-10-8-11(9-10)31-22(28)29)33-21(36-19)13-4-6-15(35-2)17-12(13)5-7-16(32-17)23(24,25)26/h1,4-7,10-11,14H,8-9,27H2,2H3,(H,30,34)(H4,28,29,31). The van der Waals surface area contributed by atoms with E-state index in [1.165, 1.54) is 25.3 Å². The Morgan fingerprint density at radius 1 is 1.28 bits per heavy atom. The summed E-state index contributed by atoms with van der Waals surface area (Å²) in [6.45, 7) is 0. The lowest BCUT2D eigenvalue weighted by Gasteiger charge is -2.32. The molecular formula is C23H22F3N7O3. The van der Waals surface area contributed by atoms with Gasteiger partial charge in [0.2, 0.25) is 5.89 Å². The number of amides is 1. The van der Waals surface area contributed by atoms with E-state index in [0.717, 1.165) is 6.07 Å². The molecule has 1 fully saturated rings. The minimum Gasteiger partial charge on any atom is -0.494 e. The normalized spacial score (nSPS) is 18.1. The highest BCUT2D eigenvalue weighted by Gasteiger charge is 2.34. The molecule has 1 amide bonds. The van der Waals surface area contributed by atoms with Gasteiger partial charge in [0.1, 0.15) is 23.0 Å². The van der Waals surface area contributed by atoms with Crippen LogP contribution in [0.15, 0.2) is 33.7 Å². The number of halogens is 3. The number of nitrogens with two attached hydrogens (primary N) is 3. The van der Waals surface area contributed by atoms with Crippen LogP contribution in [0.2, 0.25) is 0 Å². The number of methoxy groups -OCH3 is 1. The average Bonchev–Trinajstić information content (AvgIpc) is 3.25. The fourth-order valence-electron chi connectivity index (χ4n) is 3.87. The van der Waals surface area contributed by atoms with Crippen molar-refractivity contribution in [2.45, 2.75) is 37.1 Å². The first-order chi connectivity index (χ1) is 17.0. The first-order valence-electron chi connectivity index (χ1n) is 10.7. The van der Waals surface area contributed by atoms with Crippen molar-refractivity contribution in [2.24, 2.45) is 22.2 Å². The van der Waals surface area contributed by atoms with E-state index in [4.69, 9.17) is 32.8 Å². The molecule has 3 aromatic rings. The quantitative estimate of drug-likeness (QED) is 0.226. The van der Waals surface area contributed by atoms with E-state index in [0.29, 0.717) is 12.8 Å². The summed E-state index contributed by atoms with van der Waals surface area (Å²) >= 11 is 0. The van der Waals surface area contributed by atoms with Gasteiger partial charge in [-0.25, -0.2) is 9.97 Å². The molecule has 1 aliphatic carbocycles. The molecule has 2 aromatic heterocycles. The van der Waals surface area contributed by atoms with E-state index in [1.54, 1.807) is 0 Å². The van der Waals surface area contributed by atoms with Gasteiger partial charge in [0.05, 0.1) is 13.2 Å². The van der Waals surface area contributed by atoms with Crippen LogP contribution in [0.5, 0.6) is 5.75 Å². The second-order valence-electron chi connectivity index (χ2n) is 8.13. The number of oxazole rings is 1. The summed E-state index contributed by atoms with van der Waals surface area (Å²) in [7, 11) is 1.31. The number of nitrogens with one attached hydrogen (secondary N) is 1. The van der Waals surface area contributed by atoms with Crippen LogP contribution in [0.4, 0.5) is 13.2 Å². The van der Waals surface area contributed by atoms with Gasteiger partial charge in [0.25, 0.3) is 5.91 Å². The summed E-state index contributed by atoms with van der Waals surface area (Å²) in [4.78, 5) is 25.0. The Morgan fingerprint density at radius 2 is 2.00 bits per heavy atom. The van der Waals surface area contributed by atoms with E-state index >= 15 is 0 Å². The molecule has 0 radical (unpaired) electrons. The maximum atomic E-state index is 13.2. The molecule has 1 aliphatic rings. The Morgan fingerprint density at radius 3 is 2.61 bits per heavy atom.